The second-order valence-electron chi connectivity index (χ2n) is 7.72. The van der Waals surface area contributed by atoms with E-state index < -0.39 is 30.2 Å². The number of nitrogens with zero attached hydrogens (tertiary/aromatic N) is 2. The lowest BCUT2D eigenvalue weighted by atomic mass is 10.2. The van der Waals surface area contributed by atoms with Crippen LogP contribution >= 0.6 is 27.5 Å². The van der Waals surface area contributed by atoms with Crippen LogP contribution < -0.4 is 21.1 Å². The molecule has 2 aromatic rings. The van der Waals surface area contributed by atoms with Gasteiger partial charge in [-0.25, -0.2) is 13.6 Å². The van der Waals surface area contributed by atoms with Crippen LogP contribution in [-0.2, 0) is 6.61 Å². The van der Waals surface area contributed by atoms with E-state index in [9.17, 15) is 23.6 Å². The van der Waals surface area contributed by atoms with Crippen LogP contribution in [0.5, 0.6) is 5.88 Å². The van der Waals surface area contributed by atoms with Gasteiger partial charge < -0.3 is 25.6 Å². The van der Waals surface area contributed by atoms with Crippen molar-refractivity contribution in [3.8, 4) is 5.88 Å². The minimum atomic E-state index is -0.916. The van der Waals surface area contributed by atoms with E-state index in [1.165, 1.54) is 0 Å². The number of halogens is 3. The molecule has 3 amide bonds. The van der Waals surface area contributed by atoms with Gasteiger partial charge >= 0.3 is 6.03 Å². The fourth-order valence-corrected chi connectivity index (χ4v) is 4.67. The molecule has 0 radical (unpaired) electrons. The molecule has 2 heterocycles. The third-order valence-electron chi connectivity index (χ3n) is 5.25. The van der Waals surface area contributed by atoms with E-state index in [0.717, 1.165) is 36.5 Å². The number of nitrogens with one attached hydrogen (secondary N) is 2. The molecule has 1 fully saturated rings. The van der Waals surface area contributed by atoms with Crippen molar-refractivity contribution >= 4 is 44.4 Å². The molecule has 4 N–H and O–H groups in total. The SMILES string of the molecule is NC(=O)c1c(OCc2c(F)cc(Br)cc2F)nsc1NC(=O)NCCCC[N+]1([O-])CCCC1. The Balaban J connectivity index is 1.52. The first kappa shape index (κ1) is 25.3. The predicted octanol–water partition coefficient (Wildman–Crippen LogP) is 3.87. The molecule has 180 valence electrons. The van der Waals surface area contributed by atoms with Crippen LogP contribution in [0.15, 0.2) is 16.6 Å². The summed E-state index contributed by atoms with van der Waals surface area (Å²) in [5, 5.41) is 17.5. The number of rotatable bonds is 10. The van der Waals surface area contributed by atoms with E-state index in [1.54, 1.807) is 0 Å². The number of anilines is 1. The van der Waals surface area contributed by atoms with Gasteiger partial charge in [0.1, 0.15) is 28.8 Å². The average molecular weight is 548 g/mol. The first-order chi connectivity index (χ1) is 15.7. The van der Waals surface area contributed by atoms with Crippen LogP contribution in [0.3, 0.4) is 0 Å². The van der Waals surface area contributed by atoms with E-state index >= 15 is 0 Å². The Morgan fingerprint density at radius 3 is 2.55 bits per heavy atom. The number of carbonyl (C=O) groups is 2. The molecule has 0 spiro atoms. The molecular formula is C20H24BrF2N5O4S. The summed E-state index contributed by atoms with van der Waals surface area (Å²) in [6.45, 7) is 1.66. The number of primary amides is 1. The maximum atomic E-state index is 14.0. The number of hydrogen-bond acceptors (Lipinski definition) is 6. The van der Waals surface area contributed by atoms with Crippen molar-refractivity contribution in [1.82, 2.24) is 9.69 Å². The van der Waals surface area contributed by atoms with E-state index in [1.807, 2.05) is 0 Å². The third kappa shape index (κ3) is 6.82. The third-order valence-corrected chi connectivity index (χ3v) is 6.46. The number of aromatic nitrogens is 1. The van der Waals surface area contributed by atoms with Crippen LogP contribution in [0.2, 0.25) is 0 Å². The van der Waals surface area contributed by atoms with Crippen LogP contribution in [-0.4, -0.2) is 47.1 Å². The zero-order valence-electron chi connectivity index (χ0n) is 17.7. The van der Waals surface area contributed by atoms with Crippen molar-refractivity contribution in [2.45, 2.75) is 32.3 Å². The number of hydroxylamine groups is 3. The average Bonchev–Trinajstić information content (AvgIpc) is 3.33. The second-order valence-corrected chi connectivity index (χ2v) is 9.41. The Morgan fingerprint density at radius 1 is 1.24 bits per heavy atom. The summed E-state index contributed by atoms with van der Waals surface area (Å²) in [6, 6.07) is 1.59. The van der Waals surface area contributed by atoms with Gasteiger partial charge in [-0.1, -0.05) is 15.9 Å². The molecule has 1 aliphatic rings. The Bertz CT molecular complexity index is 993. The van der Waals surface area contributed by atoms with Gasteiger partial charge in [-0.15, -0.1) is 0 Å². The van der Waals surface area contributed by atoms with Crippen molar-refractivity contribution in [1.29, 1.82) is 0 Å². The van der Waals surface area contributed by atoms with Gasteiger partial charge in [-0.3, -0.25) is 10.1 Å². The lowest BCUT2D eigenvalue weighted by Gasteiger charge is -2.38. The second kappa shape index (κ2) is 11.2. The standard InChI is InChI=1S/C20H24BrF2N5O4S/c21-12-9-14(22)13(15(23)10-12)11-32-18-16(17(24)29)19(33-27-18)26-20(30)25-5-1-2-6-28(31)7-3-4-8-28/h9-10H,1-8,11H2,(H2,24,29)(H2,25,26,30). The van der Waals surface area contributed by atoms with Gasteiger partial charge in [0.05, 0.1) is 25.2 Å². The highest BCUT2D eigenvalue weighted by molar-refractivity contribution is 9.10. The molecule has 1 saturated heterocycles. The first-order valence-electron chi connectivity index (χ1n) is 10.4. The molecule has 1 aromatic carbocycles. The number of benzene rings is 1. The normalized spacial score (nSPS) is 14.8. The van der Waals surface area contributed by atoms with Gasteiger partial charge in [-0.05, 0) is 36.5 Å². The molecule has 1 aliphatic heterocycles. The van der Waals surface area contributed by atoms with E-state index in [4.69, 9.17) is 10.5 Å². The molecule has 33 heavy (non-hydrogen) atoms. The van der Waals surface area contributed by atoms with E-state index in [0.29, 0.717) is 39.0 Å². The molecule has 0 saturated carbocycles. The summed E-state index contributed by atoms with van der Waals surface area (Å²) < 4.78 is 37.3. The quantitative estimate of drug-likeness (QED) is 0.236. The highest BCUT2D eigenvalue weighted by Crippen LogP contribution is 2.31. The highest BCUT2D eigenvalue weighted by Gasteiger charge is 2.24. The minimum Gasteiger partial charge on any atom is -0.633 e. The van der Waals surface area contributed by atoms with Crippen molar-refractivity contribution in [3.05, 3.63) is 44.6 Å². The summed E-state index contributed by atoms with van der Waals surface area (Å²) >= 11 is 3.74. The largest absolute Gasteiger partial charge is 0.633 e. The number of hydrogen-bond donors (Lipinski definition) is 3. The summed E-state index contributed by atoms with van der Waals surface area (Å²) in [6.07, 6.45) is 3.25. The van der Waals surface area contributed by atoms with Crippen LogP contribution in [0.1, 0.15) is 41.6 Å². The fraction of sp³-hybridized carbons (Fsp3) is 0.450. The number of quaternary nitrogens is 1. The summed E-state index contributed by atoms with van der Waals surface area (Å²) in [5.41, 5.74) is 4.85. The molecule has 0 bridgehead atoms. The Labute approximate surface area is 201 Å². The molecule has 3 rings (SSSR count). The van der Waals surface area contributed by atoms with Crippen molar-refractivity contribution in [2.75, 3.05) is 31.5 Å². The van der Waals surface area contributed by atoms with Crippen LogP contribution in [0.4, 0.5) is 18.6 Å². The van der Waals surface area contributed by atoms with Crippen molar-refractivity contribution in [2.24, 2.45) is 5.73 Å². The first-order valence-corrected chi connectivity index (χ1v) is 11.9. The zero-order chi connectivity index (χ0) is 24.0. The number of nitrogens with two attached hydrogens (primary N) is 1. The molecule has 0 unspecified atom stereocenters. The fourth-order valence-electron chi connectivity index (χ4n) is 3.54. The van der Waals surface area contributed by atoms with Crippen LogP contribution in [0.25, 0.3) is 0 Å². The smallest absolute Gasteiger partial charge is 0.319 e. The minimum absolute atomic E-state index is 0.0490. The lowest BCUT2D eigenvalue weighted by Crippen LogP contribution is -2.40. The Morgan fingerprint density at radius 2 is 1.91 bits per heavy atom. The summed E-state index contributed by atoms with van der Waals surface area (Å²) in [7, 11) is 0. The maximum Gasteiger partial charge on any atom is 0.319 e. The number of likely N-dealkylation sites (tertiary alicyclic amines) is 1. The number of carbonyl (C=O) groups excluding carboxylic acids is 2. The van der Waals surface area contributed by atoms with Crippen molar-refractivity contribution in [3.63, 3.8) is 0 Å². The van der Waals surface area contributed by atoms with Gasteiger partial charge in [0.15, 0.2) is 0 Å². The monoisotopic (exact) mass is 547 g/mol. The Kier molecular flexibility index (Phi) is 8.57. The van der Waals surface area contributed by atoms with Crippen molar-refractivity contribution < 1.29 is 27.8 Å². The lowest BCUT2D eigenvalue weighted by molar-refractivity contribution is -0.868. The van der Waals surface area contributed by atoms with Crippen LogP contribution in [0, 0.1) is 16.8 Å². The molecule has 9 nitrogen and oxygen atoms in total. The van der Waals surface area contributed by atoms with Gasteiger partial charge in [0.2, 0.25) is 5.88 Å². The highest BCUT2D eigenvalue weighted by atomic mass is 79.9. The number of urea groups is 1. The van der Waals surface area contributed by atoms with E-state index in [-0.39, 0.29) is 31.1 Å². The Hall–Kier alpha value is -2.35. The van der Waals surface area contributed by atoms with E-state index in [2.05, 4.69) is 30.9 Å². The van der Waals surface area contributed by atoms with Gasteiger partial charge in [0, 0.05) is 23.9 Å². The predicted molar refractivity (Wildman–Crippen MR) is 123 cm³/mol. The van der Waals surface area contributed by atoms with Gasteiger partial charge in [0.25, 0.3) is 5.91 Å². The number of amides is 3. The maximum absolute atomic E-state index is 14.0. The summed E-state index contributed by atoms with van der Waals surface area (Å²) in [4.78, 5) is 24.1. The number of unbranched alkanes of at least 4 members (excludes halogenated alkanes) is 1. The molecule has 13 heteroatoms. The summed E-state index contributed by atoms with van der Waals surface area (Å²) in [5.74, 6) is -2.81. The molecular weight excluding hydrogens is 524 g/mol. The number of ether oxygens (including phenoxy) is 1. The topological polar surface area (TPSA) is 129 Å². The molecule has 0 aliphatic carbocycles. The van der Waals surface area contributed by atoms with Gasteiger partial charge in [-0.2, -0.15) is 4.37 Å². The zero-order valence-corrected chi connectivity index (χ0v) is 20.1. The molecule has 1 aromatic heterocycles. The molecule has 0 atom stereocenters.